The topological polar surface area (TPSA) is 18.0 Å². The zero-order chi connectivity index (χ0) is 20.0. The van der Waals surface area contributed by atoms with E-state index in [0.29, 0.717) is 0 Å². The summed E-state index contributed by atoms with van der Waals surface area (Å²) in [5.41, 5.74) is 9.04. The molecular formula is C27H21N2O+. The first kappa shape index (κ1) is 16.2. The molecule has 7 rings (SSSR count). The van der Waals surface area contributed by atoms with Crippen molar-refractivity contribution in [3.05, 3.63) is 95.7 Å². The highest BCUT2D eigenvalue weighted by molar-refractivity contribution is 6.12. The van der Waals surface area contributed by atoms with Gasteiger partial charge in [0.1, 0.15) is 18.8 Å². The average molecular weight is 389 g/mol. The predicted octanol–water partition coefficient (Wildman–Crippen LogP) is 5.63. The molecule has 2 aromatic heterocycles. The van der Waals surface area contributed by atoms with E-state index in [-0.39, 0.29) is 12.1 Å². The number of rotatable bonds is 1. The van der Waals surface area contributed by atoms with Crippen LogP contribution in [-0.4, -0.2) is 4.57 Å². The van der Waals surface area contributed by atoms with Crippen molar-refractivity contribution in [3.63, 3.8) is 0 Å². The molecule has 0 spiro atoms. The third kappa shape index (κ3) is 1.83. The van der Waals surface area contributed by atoms with Crippen LogP contribution < -0.4 is 9.30 Å². The highest BCUT2D eigenvalue weighted by atomic mass is 16.5. The fraction of sp³-hybridized carbons (Fsp3) is 0.148. The second kappa shape index (κ2) is 5.51. The molecule has 3 nitrogen and oxygen atoms in total. The van der Waals surface area contributed by atoms with Crippen molar-refractivity contribution in [2.24, 2.45) is 7.05 Å². The Morgan fingerprint density at radius 1 is 0.900 bits per heavy atom. The van der Waals surface area contributed by atoms with Crippen molar-refractivity contribution in [1.29, 1.82) is 0 Å². The van der Waals surface area contributed by atoms with Crippen LogP contribution in [0.3, 0.4) is 0 Å². The SMILES string of the molecule is Cc1cc2c3ccccc3n3c2c(c1-c1cccc[n+]1C)C1Oc2ccccc2C13. The van der Waals surface area contributed by atoms with Gasteiger partial charge >= 0.3 is 0 Å². The molecule has 0 fully saturated rings. The van der Waals surface area contributed by atoms with Gasteiger partial charge in [-0.3, -0.25) is 0 Å². The maximum Gasteiger partial charge on any atom is 0.213 e. The minimum atomic E-state index is -0.000359. The van der Waals surface area contributed by atoms with Crippen molar-refractivity contribution in [2.45, 2.75) is 19.1 Å². The van der Waals surface area contributed by atoms with E-state index in [1.807, 2.05) is 0 Å². The van der Waals surface area contributed by atoms with E-state index in [0.717, 1.165) is 5.75 Å². The Bertz CT molecular complexity index is 1510. The molecule has 30 heavy (non-hydrogen) atoms. The number of hydrogen-bond acceptors (Lipinski definition) is 1. The summed E-state index contributed by atoms with van der Waals surface area (Å²) < 4.78 is 11.4. The van der Waals surface area contributed by atoms with E-state index in [9.17, 15) is 0 Å². The average Bonchev–Trinajstić information content (AvgIpc) is 3.39. The molecule has 2 atom stereocenters. The summed E-state index contributed by atoms with van der Waals surface area (Å²) in [4.78, 5) is 0. The normalized spacial score (nSPS) is 18.6. The molecule has 0 amide bonds. The minimum Gasteiger partial charge on any atom is -0.483 e. The summed E-state index contributed by atoms with van der Waals surface area (Å²) in [7, 11) is 2.12. The fourth-order valence-electron chi connectivity index (χ4n) is 5.71. The monoisotopic (exact) mass is 389 g/mol. The van der Waals surface area contributed by atoms with Crippen LogP contribution in [0.25, 0.3) is 33.1 Å². The molecule has 2 aliphatic rings. The van der Waals surface area contributed by atoms with E-state index in [1.54, 1.807) is 0 Å². The molecule has 4 heterocycles. The second-order valence-corrected chi connectivity index (χ2v) is 8.48. The Kier molecular flexibility index (Phi) is 2.98. The van der Waals surface area contributed by atoms with Gasteiger partial charge in [-0.05, 0) is 36.8 Å². The van der Waals surface area contributed by atoms with Crippen molar-refractivity contribution < 1.29 is 9.30 Å². The maximum atomic E-state index is 6.64. The van der Waals surface area contributed by atoms with Crippen molar-refractivity contribution in [3.8, 4) is 17.0 Å². The van der Waals surface area contributed by atoms with Gasteiger partial charge in [0.05, 0.1) is 11.1 Å². The van der Waals surface area contributed by atoms with Gasteiger partial charge < -0.3 is 9.30 Å². The summed E-state index contributed by atoms with van der Waals surface area (Å²) in [6, 6.07) is 26.3. The number of nitrogens with zero attached hydrogens (tertiary/aromatic N) is 2. The van der Waals surface area contributed by atoms with Crippen molar-refractivity contribution >= 4 is 21.8 Å². The third-order valence-corrected chi connectivity index (χ3v) is 6.88. The molecule has 2 unspecified atom stereocenters. The first-order valence-corrected chi connectivity index (χ1v) is 10.5. The van der Waals surface area contributed by atoms with Gasteiger partial charge in [0, 0.05) is 39.5 Å². The van der Waals surface area contributed by atoms with Gasteiger partial charge in [-0.1, -0.05) is 36.4 Å². The van der Waals surface area contributed by atoms with E-state index in [2.05, 4.69) is 102 Å². The summed E-state index contributed by atoms with van der Waals surface area (Å²) in [6.07, 6.45) is 2.12. The minimum absolute atomic E-state index is 0.000359. The van der Waals surface area contributed by atoms with Gasteiger partial charge in [-0.25, -0.2) is 4.57 Å². The summed E-state index contributed by atoms with van der Waals surface area (Å²) in [5.74, 6) is 1.01. The Hall–Kier alpha value is -3.59. The molecule has 3 heteroatoms. The van der Waals surface area contributed by atoms with E-state index >= 15 is 0 Å². The van der Waals surface area contributed by atoms with Gasteiger partial charge in [0.2, 0.25) is 5.69 Å². The van der Waals surface area contributed by atoms with E-state index in [1.165, 1.54) is 49.8 Å². The summed E-state index contributed by atoms with van der Waals surface area (Å²) in [6.45, 7) is 2.24. The molecule has 0 aliphatic carbocycles. The van der Waals surface area contributed by atoms with Gasteiger partial charge in [0.25, 0.3) is 0 Å². The number of para-hydroxylation sites is 2. The number of aryl methyl sites for hydroxylation is 2. The van der Waals surface area contributed by atoms with Crippen LogP contribution >= 0.6 is 0 Å². The number of aromatic nitrogens is 2. The van der Waals surface area contributed by atoms with Crippen LogP contribution in [0.2, 0.25) is 0 Å². The van der Waals surface area contributed by atoms with Crippen LogP contribution in [0.15, 0.2) is 79.0 Å². The molecule has 3 aromatic carbocycles. The predicted molar refractivity (Wildman–Crippen MR) is 119 cm³/mol. The first-order valence-electron chi connectivity index (χ1n) is 10.5. The van der Waals surface area contributed by atoms with Gasteiger partial charge in [0.15, 0.2) is 12.3 Å². The highest BCUT2D eigenvalue weighted by Crippen LogP contribution is 2.58. The van der Waals surface area contributed by atoms with Crippen molar-refractivity contribution in [2.75, 3.05) is 0 Å². The molecule has 0 saturated carbocycles. The lowest BCUT2D eigenvalue weighted by atomic mass is 9.90. The van der Waals surface area contributed by atoms with Crippen LogP contribution in [0.1, 0.15) is 28.8 Å². The van der Waals surface area contributed by atoms with Crippen LogP contribution in [-0.2, 0) is 7.05 Å². The first-order chi connectivity index (χ1) is 14.7. The third-order valence-electron chi connectivity index (χ3n) is 6.88. The quantitative estimate of drug-likeness (QED) is 0.340. The maximum absolute atomic E-state index is 6.64. The summed E-state index contributed by atoms with van der Waals surface area (Å²) in [5, 5.41) is 2.65. The molecule has 2 aliphatic heterocycles. The van der Waals surface area contributed by atoms with E-state index in [4.69, 9.17) is 4.74 Å². The number of benzene rings is 3. The molecule has 0 radical (unpaired) electrons. The fourth-order valence-corrected chi connectivity index (χ4v) is 5.71. The Morgan fingerprint density at radius 3 is 2.60 bits per heavy atom. The molecule has 0 N–H and O–H groups in total. The van der Waals surface area contributed by atoms with Crippen LogP contribution in [0, 0.1) is 6.92 Å². The molecule has 0 bridgehead atoms. The number of hydrogen-bond donors (Lipinski definition) is 0. The van der Waals surface area contributed by atoms with Crippen molar-refractivity contribution in [1.82, 2.24) is 4.57 Å². The van der Waals surface area contributed by atoms with E-state index < -0.39 is 0 Å². The van der Waals surface area contributed by atoms with Crippen LogP contribution in [0.4, 0.5) is 0 Å². The number of ether oxygens (including phenoxy) is 1. The standard InChI is InChI=1S/C27H21N2O/c1-16-15-19-17-9-3-5-11-20(17)29-25(19)24(23(16)21-12-7-8-14-28(21)2)27-26(29)18-10-4-6-13-22(18)30-27/h3-15,26-27H,1-2H3/q+1. The lowest BCUT2D eigenvalue weighted by Gasteiger charge is -2.17. The zero-order valence-electron chi connectivity index (χ0n) is 17.0. The second-order valence-electron chi connectivity index (χ2n) is 8.48. The Labute approximate surface area is 174 Å². The lowest BCUT2D eigenvalue weighted by molar-refractivity contribution is -0.660. The molecule has 0 saturated heterocycles. The smallest absolute Gasteiger partial charge is 0.213 e. The molecule has 144 valence electrons. The lowest BCUT2D eigenvalue weighted by Crippen LogP contribution is -2.30. The Morgan fingerprint density at radius 2 is 1.70 bits per heavy atom. The Balaban J connectivity index is 1.68. The number of fused-ring (bicyclic) bond motifs is 8. The molecule has 5 aromatic rings. The molecular weight excluding hydrogens is 368 g/mol. The highest BCUT2D eigenvalue weighted by Gasteiger charge is 2.46. The van der Waals surface area contributed by atoms with Gasteiger partial charge in [-0.2, -0.15) is 0 Å². The van der Waals surface area contributed by atoms with Crippen LogP contribution in [0.5, 0.6) is 5.75 Å². The largest absolute Gasteiger partial charge is 0.483 e. The zero-order valence-corrected chi connectivity index (χ0v) is 17.0. The van der Waals surface area contributed by atoms with Gasteiger partial charge in [-0.15, -0.1) is 0 Å². The summed E-state index contributed by atoms with van der Waals surface area (Å²) >= 11 is 0. The number of pyridine rings is 1.